The van der Waals surface area contributed by atoms with E-state index in [1.807, 2.05) is 6.92 Å². The second-order valence-corrected chi connectivity index (χ2v) is 6.74. The molecule has 1 aliphatic carbocycles. The molecule has 0 bridgehead atoms. The highest BCUT2D eigenvalue weighted by atomic mass is 16.4. The van der Waals surface area contributed by atoms with Gasteiger partial charge in [0.05, 0.1) is 5.41 Å². The van der Waals surface area contributed by atoms with E-state index in [-0.39, 0.29) is 11.6 Å². The molecule has 5 nitrogen and oxygen atoms in total. The van der Waals surface area contributed by atoms with Crippen molar-refractivity contribution >= 4 is 12.0 Å². The van der Waals surface area contributed by atoms with Crippen LogP contribution in [-0.4, -0.2) is 40.6 Å². The van der Waals surface area contributed by atoms with E-state index in [0.29, 0.717) is 32.4 Å². The molecule has 0 aromatic carbocycles. The first-order chi connectivity index (χ1) is 9.97. The fourth-order valence-electron chi connectivity index (χ4n) is 3.66. The zero-order chi connectivity index (χ0) is 15.5. The molecule has 1 aliphatic heterocycles. The molecule has 1 heterocycles. The predicted molar refractivity (Wildman–Crippen MR) is 81.2 cm³/mol. The van der Waals surface area contributed by atoms with Crippen LogP contribution in [0.3, 0.4) is 0 Å². The Hall–Kier alpha value is -1.26. The van der Waals surface area contributed by atoms with Crippen LogP contribution >= 0.6 is 0 Å². The fraction of sp³-hybridized carbons (Fsp3) is 0.875. The first-order valence-corrected chi connectivity index (χ1v) is 8.27. The number of piperidine rings is 1. The Morgan fingerprint density at radius 2 is 1.76 bits per heavy atom. The summed E-state index contributed by atoms with van der Waals surface area (Å²) in [5.74, 6) is -0.701. The molecular formula is C16H28N2O3. The van der Waals surface area contributed by atoms with Gasteiger partial charge >= 0.3 is 12.0 Å². The van der Waals surface area contributed by atoms with Crippen LogP contribution < -0.4 is 5.32 Å². The number of carbonyl (C=O) groups is 2. The standard InChI is InChI=1S/C16H28N2O3/c1-3-6-15(13(19)20)9-11-18(12-10-15)14(21)17-16(4-2)7-5-8-16/h3-12H2,1-2H3,(H,17,21)(H,19,20). The number of nitrogens with zero attached hydrogens (tertiary/aromatic N) is 1. The molecule has 2 fully saturated rings. The summed E-state index contributed by atoms with van der Waals surface area (Å²) < 4.78 is 0. The quantitative estimate of drug-likeness (QED) is 0.819. The van der Waals surface area contributed by atoms with Gasteiger partial charge in [-0.1, -0.05) is 20.3 Å². The number of aliphatic carboxylic acids is 1. The molecule has 1 saturated heterocycles. The molecule has 0 aromatic rings. The van der Waals surface area contributed by atoms with E-state index >= 15 is 0 Å². The Bertz CT molecular complexity index is 391. The lowest BCUT2D eigenvalue weighted by molar-refractivity contribution is -0.152. The van der Waals surface area contributed by atoms with Crippen LogP contribution in [0.25, 0.3) is 0 Å². The first-order valence-electron chi connectivity index (χ1n) is 8.27. The van der Waals surface area contributed by atoms with Gasteiger partial charge in [-0.15, -0.1) is 0 Å². The SMILES string of the molecule is CCCC1(C(=O)O)CCN(C(=O)NC2(CC)CCC2)CC1. The van der Waals surface area contributed by atoms with Crippen molar-refractivity contribution in [1.82, 2.24) is 10.2 Å². The maximum atomic E-state index is 12.4. The number of likely N-dealkylation sites (tertiary alicyclic amines) is 1. The van der Waals surface area contributed by atoms with E-state index in [9.17, 15) is 14.7 Å². The highest BCUT2D eigenvalue weighted by Crippen LogP contribution is 2.38. The normalized spacial score (nSPS) is 23.2. The second-order valence-electron chi connectivity index (χ2n) is 6.74. The number of amides is 2. The molecule has 2 amide bonds. The third-order valence-electron chi connectivity index (χ3n) is 5.55. The van der Waals surface area contributed by atoms with E-state index < -0.39 is 11.4 Å². The number of hydrogen-bond donors (Lipinski definition) is 2. The van der Waals surface area contributed by atoms with Crippen LogP contribution in [0.15, 0.2) is 0 Å². The Morgan fingerprint density at radius 3 is 2.14 bits per heavy atom. The summed E-state index contributed by atoms with van der Waals surface area (Å²) in [6.07, 6.45) is 7.02. The maximum Gasteiger partial charge on any atom is 0.317 e. The number of rotatable bonds is 5. The number of nitrogens with one attached hydrogen (secondary N) is 1. The van der Waals surface area contributed by atoms with E-state index in [2.05, 4.69) is 12.2 Å². The Balaban J connectivity index is 1.91. The number of carboxylic acid groups (broad SMARTS) is 1. The molecule has 120 valence electrons. The van der Waals surface area contributed by atoms with Gasteiger partial charge in [-0.3, -0.25) is 4.79 Å². The maximum absolute atomic E-state index is 12.4. The van der Waals surface area contributed by atoms with Crippen molar-refractivity contribution in [3.05, 3.63) is 0 Å². The summed E-state index contributed by atoms with van der Waals surface area (Å²) in [4.78, 5) is 25.7. The van der Waals surface area contributed by atoms with Crippen molar-refractivity contribution in [2.45, 2.75) is 70.8 Å². The molecular weight excluding hydrogens is 268 g/mol. The van der Waals surface area contributed by atoms with E-state index in [1.54, 1.807) is 4.90 Å². The summed E-state index contributed by atoms with van der Waals surface area (Å²) in [6.45, 7) is 5.24. The van der Waals surface area contributed by atoms with E-state index in [4.69, 9.17) is 0 Å². The summed E-state index contributed by atoms with van der Waals surface area (Å²) in [6, 6.07) is -0.00737. The van der Waals surface area contributed by atoms with Crippen molar-refractivity contribution < 1.29 is 14.7 Å². The molecule has 0 atom stereocenters. The zero-order valence-electron chi connectivity index (χ0n) is 13.3. The Labute approximate surface area is 127 Å². The molecule has 2 N–H and O–H groups in total. The molecule has 0 unspecified atom stereocenters. The van der Waals surface area contributed by atoms with Crippen LogP contribution in [0.4, 0.5) is 4.79 Å². The van der Waals surface area contributed by atoms with Gasteiger partial charge < -0.3 is 15.3 Å². The lowest BCUT2D eigenvalue weighted by atomic mass is 9.74. The highest BCUT2D eigenvalue weighted by molar-refractivity contribution is 5.77. The van der Waals surface area contributed by atoms with Crippen LogP contribution in [0.5, 0.6) is 0 Å². The highest BCUT2D eigenvalue weighted by Gasteiger charge is 2.43. The molecule has 5 heteroatoms. The van der Waals surface area contributed by atoms with Gasteiger partial charge in [0.1, 0.15) is 0 Å². The van der Waals surface area contributed by atoms with Crippen LogP contribution in [0.1, 0.15) is 65.2 Å². The van der Waals surface area contributed by atoms with Gasteiger partial charge in [0.2, 0.25) is 0 Å². The average Bonchev–Trinajstić information content (AvgIpc) is 2.43. The van der Waals surface area contributed by atoms with Gasteiger partial charge in [0.25, 0.3) is 0 Å². The number of hydrogen-bond acceptors (Lipinski definition) is 2. The first kappa shape index (κ1) is 16.1. The van der Waals surface area contributed by atoms with Crippen molar-refractivity contribution in [2.24, 2.45) is 5.41 Å². The minimum absolute atomic E-state index is 0.00182. The summed E-state index contributed by atoms with van der Waals surface area (Å²) in [7, 11) is 0. The number of carbonyl (C=O) groups excluding carboxylic acids is 1. The van der Waals surface area contributed by atoms with Gasteiger partial charge in [0.15, 0.2) is 0 Å². The molecule has 2 aliphatic rings. The lowest BCUT2D eigenvalue weighted by Gasteiger charge is -2.45. The minimum atomic E-state index is -0.701. The third kappa shape index (κ3) is 3.16. The predicted octanol–water partition coefficient (Wildman–Crippen LogP) is 3.00. The number of carboxylic acids is 1. The van der Waals surface area contributed by atoms with Crippen molar-refractivity contribution in [2.75, 3.05) is 13.1 Å². The molecule has 2 rings (SSSR count). The van der Waals surface area contributed by atoms with E-state index in [0.717, 1.165) is 25.7 Å². The molecule has 0 radical (unpaired) electrons. The Kier molecular flexibility index (Phi) is 4.79. The third-order valence-corrected chi connectivity index (χ3v) is 5.55. The van der Waals surface area contributed by atoms with Gasteiger partial charge in [0, 0.05) is 18.6 Å². The monoisotopic (exact) mass is 296 g/mol. The van der Waals surface area contributed by atoms with Gasteiger partial charge in [-0.25, -0.2) is 4.79 Å². The molecule has 0 spiro atoms. The summed E-state index contributed by atoms with van der Waals surface area (Å²) in [5, 5.41) is 12.7. The van der Waals surface area contributed by atoms with Crippen LogP contribution in [0, 0.1) is 5.41 Å². The summed E-state index contributed by atoms with van der Waals surface area (Å²) >= 11 is 0. The second kappa shape index (κ2) is 6.24. The van der Waals surface area contributed by atoms with Gasteiger partial charge in [-0.2, -0.15) is 0 Å². The minimum Gasteiger partial charge on any atom is -0.481 e. The fourth-order valence-corrected chi connectivity index (χ4v) is 3.66. The van der Waals surface area contributed by atoms with Crippen LogP contribution in [-0.2, 0) is 4.79 Å². The smallest absolute Gasteiger partial charge is 0.317 e. The largest absolute Gasteiger partial charge is 0.481 e. The summed E-state index contributed by atoms with van der Waals surface area (Å²) in [5.41, 5.74) is -0.619. The number of urea groups is 1. The van der Waals surface area contributed by atoms with Gasteiger partial charge in [-0.05, 0) is 44.9 Å². The lowest BCUT2D eigenvalue weighted by Crippen LogP contribution is -2.58. The van der Waals surface area contributed by atoms with E-state index in [1.165, 1.54) is 6.42 Å². The van der Waals surface area contributed by atoms with Crippen molar-refractivity contribution in [1.29, 1.82) is 0 Å². The van der Waals surface area contributed by atoms with Crippen molar-refractivity contribution in [3.8, 4) is 0 Å². The van der Waals surface area contributed by atoms with Crippen molar-refractivity contribution in [3.63, 3.8) is 0 Å². The average molecular weight is 296 g/mol. The molecule has 21 heavy (non-hydrogen) atoms. The zero-order valence-corrected chi connectivity index (χ0v) is 13.3. The molecule has 0 aromatic heterocycles. The Morgan fingerprint density at radius 1 is 1.14 bits per heavy atom. The topological polar surface area (TPSA) is 69.6 Å². The van der Waals surface area contributed by atoms with Crippen LogP contribution in [0.2, 0.25) is 0 Å². The molecule has 1 saturated carbocycles.